The summed E-state index contributed by atoms with van der Waals surface area (Å²) in [6.45, 7) is 3.91. The number of hydrogen-bond acceptors (Lipinski definition) is 4. The Balaban J connectivity index is 1.78. The van der Waals surface area contributed by atoms with E-state index in [4.69, 9.17) is 16.3 Å². The molecule has 4 rings (SSSR count). The van der Waals surface area contributed by atoms with Crippen molar-refractivity contribution in [2.75, 3.05) is 11.9 Å². The second kappa shape index (κ2) is 11.2. The molecule has 0 saturated heterocycles. The van der Waals surface area contributed by atoms with Crippen LogP contribution in [0.1, 0.15) is 33.3 Å². The summed E-state index contributed by atoms with van der Waals surface area (Å²) in [5.41, 5.74) is 4.07. The molecule has 1 heterocycles. The Morgan fingerprint density at radius 1 is 0.943 bits per heavy atom. The average molecular weight is 502 g/mol. The lowest BCUT2D eigenvalue weighted by molar-refractivity contribution is -0.111. The molecular formula is C29H24ClNO3S. The van der Waals surface area contributed by atoms with E-state index in [2.05, 4.69) is 5.32 Å². The number of benzene rings is 3. The minimum atomic E-state index is -0.481. The molecule has 0 fully saturated rings. The van der Waals surface area contributed by atoms with Crippen LogP contribution in [0.4, 0.5) is 5.00 Å². The highest BCUT2D eigenvalue weighted by Gasteiger charge is 2.26. The molecule has 0 aliphatic heterocycles. The smallest absolute Gasteiger partial charge is 0.341 e. The number of hydrogen-bond donors (Lipinski definition) is 1. The van der Waals surface area contributed by atoms with Crippen LogP contribution < -0.4 is 5.32 Å². The van der Waals surface area contributed by atoms with Gasteiger partial charge in [-0.05, 0) is 48.7 Å². The van der Waals surface area contributed by atoms with Crippen molar-refractivity contribution in [3.8, 4) is 11.1 Å². The van der Waals surface area contributed by atoms with E-state index in [1.807, 2.05) is 85.8 Å². The first-order valence-electron chi connectivity index (χ1n) is 11.2. The first-order valence-corrected chi connectivity index (χ1v) is 12.4. The highest BCUT2D eigenvalue weighted by atomic mass is 35.5. The van der Waals surface area contributed by atoms with Gasteiger partial charge in [-0.25, -0.2) is 4.79 Å². The summed E-state index contributed by atoms with van der Waals surface area (Å²) in [6.07, 6.45) is 1.84. The Hall–Kier alpha value is -3.67. The quantitative estimate of drug-likeness (QED) is 0.160. The predicted molar refractivity (Wildman–Crippen MR) is 145 cm³/mol. The number of thiophene rings is 1. The fourth-order valence-corrected chi connectivity index (χ4v) is 4.96. The SMILES string of the molecule is CCOC(=O)c1c(NC(=O)/C(=C/c2ccccc2)c2ccccc2)sc(C)c1-c1ccc(Cl)cc1. The maximum Gasteiger partial charge on any atom is 0.341 e. The number of amides is 1. The fraction of sp³-hybridized carbons (Fsp3) is 0.103. The number of halogens is 1. The van der Waals surface area contributed by atoms with Crippen molar-refractivity contribution in [3.05, 3.63) is 112 Å². The molecule has 0 radical (unpaired) electrons. The molecule has 0 unspecified atom stereocenters. The maximum atomic E-state index is 13.6. The number of ether oxygens (including phenoxy) is 1. The number of aryl methyl sites for hydroxylation is 1. The number of carbonyl (C=O) groups excluding carboxylic acids is 2. The first-order chi connectivity index (χ1) is 17.0. The van der Waals surface area contributed by atoms with E-state index >= 15 is 0 Å². The van der Waals surface area contributed by atoms with E-state index in [0.717, 1.165) is 27.1 Å². The lowest BCUT2D eigenvalue weighted by Gasteiger charge is -2.11. The maximum absolute atomic E-state index is 13.6. The van der Waals surface area contributed by atoms with Gasteiger partial charge in [-0.3, -0.25) is 4.79 Å². The summed E-state index contributed by atoms with van der Waals surface area (Å²) in [7, 11) is 0. The van der Waals surface area contributed by atoms with Crippen molar-refractivity contribution in [3.63, 3.8) is 0 Å². The van der Waals surface area contributed by atoms with Gasteiger partial charge in [0.05, 0.1) is 6.61 Å². The van der Waals surface area contributed by atoms with Crippen molar-refractivity contribution < 1.29 is 14.3 Å². The van der Waals surface area contributed by atoms with Gasteiger partial charge in [0.1, 0.15) is 10.6 Å². The molecule has 176 valence electrons. The van der Waals surface area contributed by atoms with E-state index in [0.29, 0.717) is 21.2 Å². The zero-order valence-electron chi connectivity index (χ0n) is 19.4. The standard InChI is InChI=1S/C29H24ClNO3S/c1-3-34-29(33)26-25(22-14-16-23(30)17-15-22)19(2)35-28(26)31-27(32)24(21-12-8-5-9-13-21)18-20-10-6-4-7-11-20/h4-18H,3H2,1-2H3,(H,31,32)/b24-18+. The third kappa shape index (κ3) is 5.70. The van der Waals surface area contributed by atoms with Crippen molar-refractivity contribution in [2.45, 2.75) is 13.8 Å². The molecule has 4 nitrogen and oxygen atoms in total. The lowest BCUT2D eigenvalue weighted by Crippen LogP contribution is -2.16. The van der Waals surface area contributed by atoms with Gasteiger partial charge >= 0.3 is 5.97 Å². The first kappa shape index (κ1) is 24.5. The summed E-state index contributed by atoms with van der Waals surface area (Å²) in [5, 5.41) is 4.05. The fourth-order valence-electron chi connectivity index (χ4n) is 3.78. The molecule has 0 bridgehead atoms. The topological polar surface area (TPSA) is 55.4 Å². The Morgan fingerprint density at radius 2 is 1.57 bits per heavy atom. The van der Waals surface area contributed by atoms with Crippen LogP contribution in [0.15, 0.2) is 84.9 Å². The van der Waals surface area contributed by atoms with Crippen molar-refractivity contribution in [1.82, 2.24) is 0 Å². The molecule has 1 N–H and O–H groups in total. The Bertz CT molecular complexity index is 1360. The molecule has 0 aliphatic rings. The minimum absolute atomic E-state index is 0.227. The summed E-state index contributed by atoms with van der Waals surface area (Å²) >= 11 is 7.42. The van der Waals surface area contributed by atoms with Gasteiger partial charge in [0.25, 0.3) is 5.91 Å². The summed E-state index contributed by atoms with van der Waals surface area (Å²) in [6, 6.07) is 26.4. The van der Waals surface area contributed by atoms with Gasteiger partial charge in [-0.2, -0.15) is 0 Å². The minimum Gasteiger partial charge on any atom is -0.462 e. The number of nitrogens with one attached hydrogen (secondary N) is 1. The Morgan fingerprint density at radius 3 is 2.20 bits per heavy atom. The monoisotopic (exact) mass is 501 g/mol. The van der Waals surface area contributed by atoms with Crippen LogP contribution in [0.25, 0.3) is 22.8 Å². The molecule has 0 atom stereocenters. The van der Waals surface area contributed by atoms with Crippen LogP contribution in [0.5, 0.6) is 0 Å². The third-order valence-corrected chi connectivity index (χ3v) is 6.64. The lowest BCUT2D eigenvalue weighted by atomic mass is 10.0. The van der Waals surface area contributed by atoms with Gasteiger partial charge in [0, 0.05) is 21.0 Å². The van der Waals surface area contributed by atoms with Crippen molar-refractivity contribution in [2.24, 2.45) is 0 Å². The van der Waals surface area contributed by atoms with Gasteiger partial charge in [-0.1, -0.05) is 84.4 Å². The van der Waals surface area contributed by atoms with Crippen molar-refractivity contribution >= 4 is 51.5 Å². The molecule has 6 heteroatoms. The van der Waals surface area contributed by atoms with Crippen LogP contribution in [0, 0.1) is 6.92 Å². The van der Waals surface area contributed by atoms with E-state index in [1.54, 1.807) is 19.1 Å². The molecule has 3 aromatic carbocycles. The van der Waals surface area contributed by atoms with Crippen molar-refractivity contribution in [1.29, 1.82) is 0 Å². The Labute approximate surface area is 213 Å². The van der Waals surface area contributed by atoms with Crippen LogP contribution in [0.3, 0.4) is 0 Å². The molecule has 0 aliphatic carbocycles. The molecular weight excluding hydrogens is 478 g/mol. The zero-order chi connectivity index (χ0) is 24.8. The zero-order valence-corrected chi connectivity index (χ0v) is 21.0. The summed E-state index contributed by atoms with van der Waals surface area (Å²) < 4.78 is 5.37. The van der Waals surface area contributed by atoms with Gasteiger partial charge in [0.15, 0.2) is 0 Å². The van der Waals surface area contributed by atoms with Gasteiger partial charge < -0.3 is 10.1 Å². The van der Waals surface area contributed by atoms with Crippen LogP contribution in [-0.4, -0.2) is 18.5 Å². The molecule has 0 spiro atoms. The second-order valence-electron chi connectivity index (χ2n) is 7.75. The average Bonchev–Trinajstić information content (AvgIpc) is 3.19. The molecule has 1 amide bonds. The Kier molecular flexibility index (Phi) is 7.80. The number of carbonyl (C=O) groups is 2. The van der Waals surface area contributed by atoms with E-state index in [1.165, 1.54) is 11.3 Å². The van der Waals surface area contributed by atoms with Gasteiger partial charge in [0.2, 0.25) is 0 Å². The largest absolute Gasteiger partial charge is 0.462 e. The highest BCUT2D eigenvalue weighted by molar-refractivity contribution is 7.17. The molecule has 1 aromatic heterocycles. The second-order valence-corrected chi connectivity index (χ2v) is 9.41. The van der Waals surface area contributed by atoms with Gasteiger partial charge in [-0.15, -0.1) is 11.3 Å². The molecule has 35 heavy (non-hydrogen) atoms. The van der Waals surface area contributed by atoms with Crippen LogP contribution >= 0.6 is 22.9 Å². The van der Waals surface area contributed by atoms with E-state index in [9.17, 15) is 9.59 Å². The highest BCUT2D eigenvalue weighted by Crippen LogP contribution is 2.41. The number of anilines is 1. The summed E-state index contributed by atoms with van der Waals surface area (Å²) in [4.78, 5) is 27.5. The third-order valence-electron chi connectivity index (χ3n) is 5.36. The van der Waals surface area contributed by atoms with Crippen LogP contribution in [-0.2, 0) is 9.53 Å². The van der Waals surface area contributed by atoms with Crippen LogP contribution in [0.2, 0.25) is 5.02 Å². The predicted octanol–water partition coefficient (Wildman–Crippen LogP) is 7.73. The van der Waals surface area contributed by atoms with E-state index < -0.39 is 5.97 Å². The number of esters is 1. The summed E-state index contributed by atoms with van der Waals surface area (Å²) in [5.74, 6) is -0.792. The normalized spacial score (nSPS) is 11.2. The number of rotatable bonds is 7. The van der Waals surface area contributed by atoms with E-state index in [-0.39, 0.29) is 12.5 Å². The molecule has 4 aromatic rings. The molecule has 0 saturated carbocycles.